The number of benzene rings is 1. The zero-order chi connectivity index (χ0) is 17.1. The van der Waals surface area contributed by atoms with E-state index in [1.165, 1.54) is 19.8 Å². The Morgan fingerprint density at radius 1 is 1.12 bits per heavy atom. The molecule has 126 valence electrons. The Balaban J connectivity index is 2.12. The number of carbonyl (C=O) groups excluding carboxylic acids is 2. The van der Waals surface area contributed by atoms with Gasteiger partial charge in [-0.05, 0) is 42.0 Å². The second-order valence-corrected chi connectivity index (χ2v) is 6.55. The number of aryl methyl sites for hydroxylation is 1. The first-order valence-corrected chi connectivity index (χ1v) is 8.61. The van der Waals surface area contributed by atoms with Gasteiger partial charge in [0.1, 0.15) is 0 Å². The van der Waals surface area contributed by atoms with E-state index in [0.717, 1.165) is 11.3 Å². The Hall–Kier alpha value is -2.34. The van der Waals surface area contributed by atoms with E-state index < -0.39 is 18.1 Å². The monoisotopic (exact) mass is 345 g/mol. The van der Waals surface area contributed by atoms with Gasteiger partial charge in [-0.15, -0.1) is 11.3 Å². The van der Waals surface area contributed by atoms with Crippen molar-refractivity contribution in [2.24, 2.45) is 5.92 Å². The van der Waals surface area contributed by atoms with Crippen molar-refractivity contribution >= 4 is 29.1 Å². The van der Waals surface area contributed by atoms with Crippen molar-refractivity contribution in [3.8, 4) is 0 Å². The first kappa shape index (κ1) is 16.5. The Bertz CT molecular complexity index is 728. The highest BCUT2D eigenvalue weighted by atomic mass is 32.1. The van der Waals surface area contributed by atoms with Gasteiger partial charge >= 0.3 is 12.1 Å². The summed E-state index contributed by atoms with van der Waals surface area (Å²) in [5, 5.41) is 2.00. The van der Waals surface area contributed by atoms with E-state index in [1.54, 1.807) is 16.2 Å². The topological polar surface area (TPSA) is 55.8 Å². The summed E-state index contributed by atoms with van der Waals surface area (Å²) in [6, 6.07) is 10.9. The van der Waals surface area contributed by atoms with Crippen LogP contribution in [0, 0.1) is 5.92 Å². The fourth-order valence-electron chi connectivity index (χ4n) is 3.23. The average Bonchev–Trinajstić information content (AvgIpc) is 3.11. The summed E-state index contributed by atoms with van der Waals surface area (Å²) < 4.78 is 10.0. The molecule has 2 atom stereocenters. The maximum absolute atomic E-state index is 12.6. The third-order valence-electron chi connectivity index (χ3n) is 4.34. The van der Waals surface area contributed by atoms with Crippen LogP contribution < -0.4 is 4.90 Å². The third-order valence-corrected chi connectivity index (χ3v) is 5.37. The predicted octanol–water partition coefficient (Wildman–Crippen LogP) is 3.80. The number of thiophene rings is 1. The zero-order valence-corrected chi connectivity index (χ0v) is 14.4. The SMILES string of the molecule is COC(=O)C1CCc2ccsc2C1N(C(=O)OC)c1ccccc1. The first-order valence-electron chi connectivity index (χ1n) is 7.73. The van der Waals surface area contributed by atoms with Crippen molar-refractivity contribution in [1.82, 2.24) is 0 Å². The average molecular weight is 345 g/mol. The molecule has 1 aliphatic carbocycles. The van der Waals surface area contributed by atoms with Gasteiger partial charge in [0.05, 0.1) is 26.2 Å². The van der Waals surface area contributed by atoms with Gasteiger partial charge in [-0.3, -0.25) is 9.69 Å². The summed E-state index contributed by atoms with van der Waals surface area (Å²) in [5.74, 6) is -0.718. The van der Waals surface area contributed by atoms with E-state index in [9.17, 15) is 9.59 Å². The quantitative estimate of drug-likeness (QED) is 0.794. The molecular weight excluding hydrogens is 326 g/mol. The lowest BCUT2D eigenvalue weighted by Crippen LogP contribution is -2.43. The van der Waals surface area contributed by atoms with Crippen molar-refractivity contribution in [2.45, 2.75) is 18.9 Å². The fourth-order valence-corrected chi connectivity index (χ4v) is 4.34. The minimum absolute atomic E-state index is 0.302. The molecule has 1 amide bonds. The van der Waals surface area contributed by atoms with Crippen molar-refractivity contribution in [2.75, 3.05) is 19.1 Å². The highest BCUT2D eigenvalue weighted by Gasteiger charge is 2.42. The highest BCUT2D eigenvalue weighted by Crippen LogP contribution is 2.44. The summed E-state index contributed by atoms with van der Waals surface area (Å²) in [6.07, 6.45) is 0.960. The summed E-state index contributed by atoms with van der Waals surface area (Å²) in [5.41, 5.74) is 1.87. The molecule has 0 saturated heterocycles. The molecule has 3 rings (SSSR count). The molecule has 6 heteroatoms. The lowest BCUT2D eigenvalue weighted by atomic mass is 9.83. The summed E-state index contributed by atoms with van der Waals surface area (Å²) in [6.45, 7) is 0. The van der Waals surface area contributed by atoms with Crippen LogP contribution in [-0.4, -0.2) is 26.3 Å². The van der Waals surface area contributed by atoms with Crippen LogP contribution in [0.25, 0.3) is 0 Å². The number of amides is 1. The molecule has 0 spiro atoms. The molecule has 24 heavy (non-hydrogen) atoms. The van der Waals surface area contributed by atoms with Crippen LogP contribution in [-0.2, 0) is 20.7 Å². The molecule has 0 radical (unpaired) electrons. The number of para-hydroxylation sites is 1. The molecular formula is C18H19NO4S. The highest BCUT2D eigenvalue weighted by molar-refractivity contribution is 7.10. The number of methoxy groups -OCH3 is 2. The second-order valence-electron chi connectivity index (χ2n) is 5.60. The third kappa shape index (κ3) is 2.89. The number of hydrogen-bond acceptors (Lipinski definition) is 5. The minimum atomic E-state index is -0.485. The number of ether oxygens (including phenoxy) is 2. The molecule has 5 nitrogen and oxygen atoms in total. The van der Waals surface area contributed by atoms with Crippen molar-refractivity contribution in [1.29, 1.82) is 0 Å². The Labute approximate surface area is 144 Å². The summed E-state index contributed by atoms with van der Waals surface area (Å²) in [4.78, 5) is 27.5. The second kappa shape index (κ2) is 7.05. The molecule has 2 aromatic rings. The first-order chi connectivity index (χ1) is 11.7. The van der Waals surface area contributed by atoms with E-state index in [-0.39, 0.29) is 5.97 Å². The Morgan fingerprint density at radius 2 is 1.88 bits per heavy atom. The summed E-state index contributed by atoms with van der Waals surface area (Å²) in [7, 11) is 2.73. The smallest absolute Gasteiger partial charge is 0.414 e. The number of rotatable bonds is 3. The van der Waals surface area contributed by atoms with E-state index in [0.29, 0.717) is 12.1 Å². The zero-order valence-electron chi connectivity index (χ0n) is 13.6. The number of esters is 1. The Morgan fingerprint density at radius 3 is 2.54 bits per heavy atom. The van der Waals surface area contributed by atoms with Crippen LogP contribution in [0.5, 0.6) is 0 Å². The molecule has 1 aliphatic rings. The maximum atomic E-state index is 12.6. The van der Waals surface area contributed by atoms with Gasteiger partial charge < -0.3 is 9.47 Å². The predicted molar refractivity (Wildman–Crippen MR) is 92.2 cm³/mol. The van der Waals surface area contributed by atoms with Crippen LogP contribution in [0.4, 0.5) is 10.5 Å². The van der Waals surface area contributed by atoms with E-state index in [1.807, 2.05) is 35.7 Å². The number of carbonyl (C=O) groups is 2. The summed E-state index contributed by atoms with van der Waals surface area (Å²) >= 11 is 1.56. The molecule has 0 N–H and O–H groups in total. The van der Waals surface area contributed by atoms with E-state index in [2.05, 4.69) is 6.07 Å². The largest absolute Gasteiger partial charge is 0.469 e. The lowest BCUT2D eigenvalue weighted by Gasteiger charge is -2.37. The van der Waals surface area contributed by atoms with E-state index >= 15 is 0 Å². The van der Waals surface area contributed by atoms with E-state index in [4.69, 9.17) is 9.47 Å². The van der Waals surface area contributed by atoms with Crippen molar-refractivity contribution < 1.29 is 19.1 Å². The van der Waals surface area contributed by atoms with Crippen LogP contribution in [0.1, 0.15) is 22.9 Å². The molecule has 0 fully saturated rings. The molecule has 0 aliphatic heterocycles. The van der Waals surface area contributed by atoms with Crippen molar-refractivity contribution in [3.63, 3.8) is 0 Å². The van der Waals surface area contributed by atoms with Crippen LogP contribution in [0.15, 0.2) is 41.8 Å². The lowest BCUT2D eigenvalue weighted by molar-refractivity contribution is -0.146. The minimum Gasteiger partial charge on any atom is -0.469 e. The molecule has 0 saturated carbocycles. The Kier molecular flexibility index (Phi) is 4.85. The van der Waals surface area contributed by atoms with Crippen molar-refractivity contribution in [3.05, 3.63) is 52.2 Å². The molecule has 0 bridgehead atoms. The van der Waals surface area contributed by atoms with Gasteiger partial charge in [0.25, 0.3) is 0 Å². The van der Waals surface area contributed by atoms with Gasteiger partial charge in [-0.2, -0.15) is 0 Å². The van der Waals surface area contributed by atoms with Crippen LogP contribution >= 0.6 is 11.3 Å². The number of anilines is 1. The van der Waals surface area contributed by atoms with Gasteiger partial charge in [-0.1, -0.05) is 18.2 Å². The van der Waals surface area contributed by atoms with Crippen LogP contribution in [0.2, 0.25) is 0 Å². The molecule has 1 heterocycles. The van der Waals surface area contributed by atoms with Gasteiger partial charge in [0.15, 0.2) is 0 Å². The van der Waals surface area contributed by atoms with Gasteiger partial charge in [0, 0.05) is 10.6 Å². The molecule has 2 unspecified atom stereocenters. The standard InChI is InChI=1S/C18H19NO4S/c1-22-17(20)14-9-8-12-10-11-24-16(12)15(14)19(18(21)23-2)13-6-4-3-5-7-13/h3-7,10-11,14-15H,8-9H2,1-2H3. The normalized spacial score (nSPS) is 19.2. The van der Waals surface area contributed by atoms with Gasteiger partial charge in [-0.25, -0.2) is 4.79 Å². The number of hydrogen-bond donors (Lipinski definition) is 0. The molecule has 1 aromatic heterocycles. The van der Waals surface area contributed by atoms with Gasteiger partial charge in [0.2, 0.25) is 0 Å². The number of fused-ring (bicyclic) bond motifs is 1. The van der Waals surface area contributed by atoms with Crippen LogP contribution in [0.3, 0.4) is 0 Å². The maximum Gasteiger partial charge on any atom is 0.414 e. The molecule has 1 aromatic carbocycles. The number of nitrogens with zero attached hydrogens (tertiary/aromatic N) is 1. The fraction of sp³-hybridized carbons (Fsp3) is 0.333.